The molecule has 0 fully saturated rings. The van der Waals surface area contributed by atoms with E-state index in [1.165, 1.54) is 11.3 Å². The Hall–Kier alpha value is 0.380. The molecule has 18 heavy (non-hydrogen) atoms. The highest BCUT2D eigenvalue weighted by Gasteiger charge is 2.23. The van der Waals surface area contributed by atoms with Gasteiger partial charge >= 0.3 is 0 Å². The Bertz CT molecular complexity index is 423. The van der Waals surface area contributed by atoms with Crippen LogP contribution >= 0.6 is 55.6 Å². The number of halogens is 3. The normalized spacial score (nSPS) is 11.0. The minimum atomic E-state index is -0.0653. The molecule has 0 spiro atoms. The lowest BCUT2D eigenvalue weighted by Gasteiger charge is -2.28. The van der Waals surface area contributed by atoms with Crippen LogP contribution in [0.1, 0.15) is 24.2 Å². The Morgan fingerprint density at radius 2 is 2.06 bits per heavy atom. The van der Waals surface area contributed by atoms with E-state index in [0.29, 0.717) is 18.7 Å². The maximum absolute atomic E-state index is 12.2. The van der Waals surface area contributed by atoms with Gasteiger partial charge in [0, 0.05) is 13.6 Å². The van der Waals surface area contributed by atoms with Crippen LogP contribution in [0, 0.1) is 5.41 Å². The zero-order valence-corrected chi connectivity index (χ0v) is 15.3. The van der Waals surface area contributed by atoms with Gasteiger partial charge in [0.05, 0.1) is 13.1 Å². The molecule has 1 amide bonds. The molecule has 0 unspecified atom stereocenters. The molecule has 0 aliphatic carbocycles. The Morgan fingerprint density at radius 1 is 1.50 bits per heavy atom. The van der Waals surface area contributed by atoms with E-state index >= 15 is 0 Å². The van der Waals surface area contributed by atoms with Gasteiger partial charge in [-0.15, -0.1) is 23.7 Å². The van der Waals surface area contributed by atoms with E-state index in [9.17, 15) is 4.79 Å². The Morgan fingerprint density at radius 3 is 2.44 bits per heavy atom. The molecule has 0 atom stereocenters. The van der Waals surface area contributed by atoms with Gasteiger partial charge in [0.2, 0.25) is 0 Å². The molecule has 1 aromatic heterocycles. The molecule has 0 saturated heterocycles. The van der Waals surface area contributed by atoms with Gasteiger partial charge < -0.3 is 10.6 Å². The first kappa shape index (κ1) is 18.4. The van der Waals surface area contributed by atoms with Crippen LogP contribution in [0.4, 0.5) is 0 Å². The van der Waals surface area contributed by atoms with Crippen molar-refractivity contribution in [1.29, 1.82) is 0 Å². The minimum Gasteiger partial charge on any atom is -0.341 e. The smallest absolute Gasteiger partial charge is 0.255 e. The van der Waals surface area contributed by atoms with Crippen molar-refractivity contribution in [1.82, 2.24) is 4.90 Å². The van der Waals surface area contributed by atoms with Crippen molar-refractivity contribution in [3.63, 3.8) is 0 Å². The first-order valence-corrected chi connectivity index (χ1v) is 7.57. The number of carbonyl (C=O) groups excluding carboxylic acids is 1. The summed E-state index contributed by atoms with van der Waals surface area (Å²) in [6.45, 7) is 5.30. The van der Waals surface area contributed by atoms with Crippen LogP contribution in [0.5, 0.6) is 0 Å². The van der Waals surface area contributed by atoms with Gasteiger partial charge in [0.25, 0.3) is 5.91 Å². The predicted molar refractivity (Wildman–Crippen MR) is 86.8 cm³/mol. The summed E-state index contributed by atoms with van der Waals surface area (Å²) in [5.74, 6) is 0.0142. The van der Waals surface area contributed by atoms with E-state index in [2.05, 4.69) is 45.7 Å². The number of nitrogens with zero attached hydrogens (tertiary/aromatic N) is 1. The van der Waals surface area contributed by atoms with E-state index < -0.39 is 0 Å². The molecule has 0 bridgehead atoms. The summed E-state index contributed by atoms with van der Waals surface area (Å²) in [6, 6.07) is 1.84. The topological polar surface area (TPSA) is 46.3 Å². The van der Waals surface area contributed by atoms with Crippen LogP contribution in [-0.2, 0) is 0 Å². The Kier molecular flexibility index (Phi) is 7.39. The highest BCUT2D eigenvalue weighted by Crippen LogP contribution is 2.32. The van der Waals surface area contributed by atoms with Gasteiger partial charge in [0.1, 0.15) is 0 Å². The first-order chi connectivity index (χ1) is 7.76. The largest absolute Gasteiger partial charge is 0.341 e. The molecule has 2 N–H and O–H groups in total. The first-order valence-electron chi connectivity index (χ1n) is 5.17. The standard InChI is InChI=1S/C11H16Br2N2OS.ClH/c1-11(2,5-14)6-15(3)10(16)7-4-8(12)17-9(7)13;/h4H,5-6,14H2,1-3H3;1H. The summed E-state index contributed by atoms with van der Waals surface area (Å²) < 4.78 is 1.80. The molecule has 1 heterocycles. The lowest BCUT2D eigenvalue weighted by atomic mass is 9.93. The van der Waals surface area contributed by atoms with Crippen molar-refractivity contribution in [2.75, 3.05) is 20.1 Å². The van der Waals surface area contributed by atoms with E-state index in [1.807, 2.05) is 6.07 Å². The fourth-order valence-corrected chi connectivity index (χ4v) is 4.25. The number of hydrogen-bond donors (Lipinski definition) is 1. The molecule has 104 valence electrons. The van der Waals surface area contributed by atoms with Crippen LogP contribution in [0.2, 0.25) is 0 Å². The summed E-state index contributed by atoms with van der Waals surface area (Å²) in [7, 11) is 1.80. The van der Waals surface area contributed by atoms with Gasteiger partial charge in [-0.2, -0.15) is 0 Å². The average molecular weight is 421 g/mol. The number of carbonyl (C=O) groups is 1. The number of hydrogen-bond acceptors (Lipinski definition) is 3. The average Bonchev–Trinajstić information content (AvgIpc) is 2.56. The fourth-order valence-electron chi connectivity index (χ4n) is 1.47. The number of amides is 1. The SMILES string of the molecule is CN(CC(C)(C)CN)C(=O)c1cc(Br)sc1Br.Cl. The van der Waals surface area contributed by atoms with Crippen molar-refractivity contribution in [2.45, 2.75) is 13.8 Å². The summed E-state index contributed by atoms with van der Waals surface area (Å²) in [4.78, 5) is 13.9. The van der Waals surface area contributed by atoms with Crippen molar-refractivity contribution < 1.29 is 4.79 Å². The Balaban J connectivity index is 0.00000289. The molecule has 1 rings (SSSR count). The Labute approximate surface area is 135 Å². The maximum atomic E-state index is 12.2. The molecular weight excluding hydrogens is 403 g/mol. The molecule has 0 saturated carbocycles. The summed E-state index contributed by atoms with van der Waals surface area (Å²) >= 11 is 8.27. The third-order valence-electron chi connectivity index (χ3n) is 2.45. The van der Waals surface area contributed by atoms with Crippen LogP contribution in [0.3, 0.4) is 0 Å². The van der Waals surface area contributed by atoms with E-state index in [-0.39, 0.29) is 23.7 Å². The molecule has 3 nitrogen and oxygen atoms in total. The lowest BCUT2D eigenvalue weighted by molar-refractivity contribution is 0.0740. The van der Waals surface area contributed by atoms with Crippen LogP contribution in [-0.4, -0.2) is 30.9 Å². The molecule has 1 aromatic rings. The summed E-state index contributed by atoms with van der Waals surface area (Å²) in [5.41, 5.74) is 6.30. The van der Waals surface area contributed by atoms with Gasteiger partial charge in [-0.25, -0.2) is 0 Å². The van der Waals surface area contributed by atoms with Crippen molar-refractivity contribution in [3.8, 4) is 0 Å². The quantitative estimate of drug-likeness (QED) is 0.806. The molecular formula is C11H17Br2ClN2OS. The second-order valence-electron chi connectivity index (χ2n) is 4.77. The van der Waals surface area contributed by atoms with E-state index in [1.54, 1.807) is 11.9 Å². The molecule has 0 aliphatic heterocycles. The number of nitrogens with two attached hydrogens (primary N) is 1. The zero-order valence-electron chi connectivity index (χ0n) is 10.5. The highest BCUT2D eigenvalue weighted by atomic mass is 79.9. The third-order valence-corrected chi connectivity index (χ3v) is 4.79. The van der Waals surface area contributed by atoms with Gasteiger partial charge in [-0.3, -0.25) is 4.79 Å². The van der Waals surface area contributed by atoms with Gasteiger partial charge in [0.15, 0.2) is 0 Å². The highest BCUT2D eigenvalue weighted by molar-refractivity contribution is 9.12. The zero-order chi connectivity index (χ0) is 13.2. The van der Waals surface area contributed by atoms with Crippen LogP contribution in [0.15, 0.2) is 13.6 Å². The second-order valence-corrected chi connectivity index (χ2v) is 8.52. The van der Waals surface area contributed by atoms with Gasteiger partial charge in [-0.1, -0.05) is 13.8 Å². The number of rotatable bonds is 4. The molecule has 0 radical (unpaired) electrons. The third kappa shape index (κ3) is 4.81. The van der Waals surface area contributed by atoms with Crippen LogP contribution in [0.25, 0.3) is 0 Å². The summed E-state index contributed by atoms with van der Waals surface area (Å²) in [5, 5.41) is 0. The van der Waals surface area contributed by atoms with E-state index in [4.69, 9.17) is 5.73 Å². The van der Waals surface area contributed by atoms with E-state index in [0.717, 1.165) is 7.57 Å². The maximum Gasteiger partial charge on any atom is 0.255 e. The van der Waals surface area contributed by atoms with Crippen LogP contribution < -0.4 is 5.73 Å². The predicted octanol–water partition coefficient (Wildman–Crippen LogP) is 3.75. The lowest BCUT2D eigenvalue weighted by Crippen LogP contribution is -2.39. The second kappa shape index (κ2) is 7.24. The van der Waals surface area contributed by atoms with Crippen molar-refractivity contribution >= 4 is 61.5 Å². The van der Waals surface area contributed by atoms with Crippen molar-refractivity contribution in [3.05, 3.63) is 19.2 Å². The molecule has 0 aliphatic rings. The molecule has 7 heteroatoms. The summed E-state index contributed by atoms with van der Waals surface area (Å²) in [6.07, 6.45) is 0. The monoisotopic (exact) mass is 418 g/mol. The van der Waals surface area contributed by atoms with Crippen molar-refractivity contribution in [2.24, 2.45) is 11.1 Å². The fraction of sp³-hybridized carbons (Fsp3) is 0.545. The van der Waals surface area contributed by atoms with Gasteiger partial charge in [-0.05, 0) is 49.9 Å². The number of thiophene rings is 1. The molecule has 0 aromatic carbocycles. The minimum absolute atomic E-state index is 0.